The van der Waals surface area contributed by atoms with Crippen molar-refractivity contribution in [2.75, 3.05) is 7.11 Å². The number of amides is 2. The van der Waals surface area contributed by atoms with Gasteiger partial charge < -0.3 is 4.74 Å². The Kier molecular flexibility index (Phi) is 3.58. The van der Waals surface area contributed by atoms with Crippen molar-refractivity contribution in [3.05, 3.63) is 77.4 Å². The molecule has 122 valence electrons. The molecular formula is C21H15NO3. The van der Waals surface area contributed by atoms with E-state index < -0.39 is 0 Å². The molecule has 1 N–H and O–H groups in total. The van der Waals surface area contributed by atoms with Gasteiger partial charge in [0.15, 0.2) is 0 Å². The molecule has 2 amide bonds. The van der Waals surface area contributed by atoms with Crippen molar-refractivity contribution in [2.24, 2.45) is 0 Å². The highest BCUT2D eigenvalue weighted by Gasteiger charge is 2.26. The summed E-state index contributed by atoms with van der Waals surface area (Å²) < 4.78 is 5.24. The van der Waals surface area contributed by atoms with Gasteiger partial charge in [-0.3, -0.25) is 14.9 Å². The molecule has 0 saturated carbocycles. The predicted molar refractivity (Wildman–Crippen MR) is 97.3 cm³/mol. The summed E-state index contributed by atoms with van der Waals surface area (Å²) in [5, 5.41) is 4.51. The van der Waals surface area contributed by atoms with Crippen molar-refractivity contribution < 1.29 is 14.3 Å². The minimum Gasteiger partial charge on any atom is -0.497 e. The van der Waals surface area contributed by atoms with E-state index in [1.165, 1.54) is 0 Å². The van der Waals surface area contributed by atoms with Crippen LogP contribution >= 0.6 is 0 Å². The van der Waals surface area contributed by atoms with Crippen LogP contribution in [-0.2, 0) is 4.79 Å². The van der Waals surface area contributed by atoms with Crippen LogP contribution in [0.25, 0.3) is 22.4 Å². The first kappa shape index (κ1) is 15.1. The molecule has 4 rings (SSSR count). The Hall–Kier alpha value is -3.40. The Morgan fingerprint density at radius 1 is 0.840 bits per heavy atom. The summed E-state index contributed by atoms with van der Waals surface area (Å²) in [6.07, 6.45) is 1.81. The standard InChI is InChI=1S/C21H15NO3/c1-25-16-9-8-14-10-13(6-7-15(14)12-16)11-19-17-4-2-3-5-18(17)20(23)22-21(19)24/h2-12H,1H3,(H,22,23,24). The number of hydrogen-bond acceptors (Lipinski definition) is 3. The van der Waals surface area contributed by atoms with Gasteiger partial charge in [-0.25, -0.2) is 0 Å². The lowest BCUT2D eigenvalue weighted by molar-refractivity contribution is -0.114. The van der Waals surface area contributed by atoms with Crippen molar-refractivity contribution >= 4 is 34.2 Å². The van der Waals surface area contributed by atoms with E-state index in [0.29, 0.717) is 16.7 Å². The number of benzene rings is 3. The minimum atomic E-state index is -0.376. The Morgan fingerprint density at radius 2 is 1.56 bits per heavy atom. The first-order valence-corrected chi connectivity index (χ1v) is 7.90. The van der Waals surface area contributed by atoms with Crippen LogP contribution in [0.1, 0.15) is 21.5 Å². The van der Waals surface area contributed by atoms with Crippen molar-refractivity contribution in [3.8, 4) is 5.75 Å². The average molecular weight is 329 g/mol. The monoisotopic (exact) mass is 329 g/mol. The first-order chi connectivity index (χ1) is 12.2. The number of nitrogens with one attached hydrogen (secondary N) is 1. The topological polar surface area (TPSA) is 55.4 Å². The zero-order valence-electron chi connectivity index (χ0n) is 13.6. The third-order valence-corrected chi connectivity index (χ3v) is 4.32. The molecule has 3 aromatic rings. The molecule has 1 aliphatic heterocycles. The van der Waals surface area contributed by atoms with Gasteiger partial charge in [-0.15, -0.1) is 0 Å². The van der Waals surface area contributed by atoms with E-state index in [0.717, 1.165) is 22.1 Å². The maximum atomic E-state index is 12.3. The number of methoxy groups -OCH3 is 1. The highest BCUT2D eigenvalue weighted by atomic mass is 16.5. The zero-order valence-corrected chi connectivity index (χ0v) is 13.6. The number of rotatable bonds is 2. The number of imide groups is 1. The lowest BCUT2D eigenvalue weighted by Gasteiger charge is -2.18. The number of fused-ring (bicyclic) bond motifs is 2. The van der Waals surface area contributed by atoms with E-state index in [-0.39, 0.29) is 11.8 Å². The van der Waals surface area contributed by atoms with Crippen molar-refractivity contribution in [1.82, 2.24) is 5.32 Å². The Bertz CT molecular complexity index is 1050. The maximum absolute atomic E-state index is 12.3. The second-order valence-corrected chi connectivity index (χ2v) is 5.86. The summed E-state index contributed by atoms with van der Waals surface area (Å²) in [7, 11) is 1.64. The lowest BCUT2D eigenvalue weighted by Crippen LogP contribution is -2.36. The zero-order chi connectivity index (χ0) is 17.4. The van der Waals surface area contributed by atoms with E-state index >= 15 is 0 Å². The van der Waals surface area contributed by atoms with Crippen LogP contribution in [0.15, 0.2) is 60.7 Å². The fourth-order valence-corrected chi connectivity index (χ4v) is 3.05. The molecule has 0 aliphatic carbocycles. The first-order valence-electron chi connectivity index (χ1n) is 7.90. The molecule has 0 atom stereocenters. The molecule has 0 aromatic heterocycles. The predicted octanol–water partition coefficient (Wildman–Crippen LogP) is 3.66. The summed E-state index contributed by atoms with van der Waals surface area (Å²) >= 11 is 0. The van der Waals surface area contributed by atoms with Gasteiger partial charge in [0.05, 0.1) is 7.11 Å². The Labute approximate surface area is 144 Å². The number of ether oxygens (including phenoxy) is 1. The van der Waals surface area contributed by atoms with Crippen molar-refractivity contribution in [2.45, 2.75) is 0 Å². The third kappa shape index (κ3) is 2.68. The van der Waals surface area contributed by atoms with Crippen molar-refractivity contribution in [1.29, 1.82) is 0 Å². The average Bonchev–Trinajstić information content (AvgIpc) is 2.64. The fourth-order valence-electron chi connectivity index (χ4n) is 3.05. The molecule has 3 aromatic carbocycles. The van der Waals surface area contributed by atoms with Gasteiger partial charge >= 0.3 is 0 Å². The SMILES string of the molecule is COc1ccc2cc(C=C3C(=O)NC(=O)c4ccccc43)ccc2c1. The van der Waals surface area contributed by atoms with E-state index in [9.17, 15) is 9.59 Å². The molecular weight excluding hydrogens is 314 g/mol. The highest BCUT2D eigenvalue weighted by Crippen LogP contribution is 2.28. The Morgan fingerprint density at radius 3 is 2.36 bits per heavy atom. The number of hydrogen-bond donors (Lipinski definition) is 1. The Balaban J connectivity index is 1.82. The molecule has 4 nitrogen and oxygen atoms in total. The molecule has 0 saturated heterocycles. The molecule has 0 unspecified atom stereocenters. The van der Waals surface area contributed by atoms with E-state index in [4.69, 9.17) is 4.74 Å². The molecule has 0 radical (unpaired) electrons. The van der Waals surface area contributed by atoms with Crippen LogP contribution in [0.4, 0.5) is 0 Å². The van der Waals surface area contributed by atoms with Crippen LogP contribution in [-0.4, -0.2) is 18.9 Å². The minimum absolute atomic E-state index is 0.358. The highest BCUT2D eigenvalue weighted by molar-refractivity contribution is 6.34. The van der Waals surface area contributed by atoms with Crippen LogP contribution < -0.4 is 10.1 Å². The lowest BCUT2D eigenvalue weighted by atomic mass is 9.93. The van der Waals surface area contributed by atoms with Crippen LogP contribution in [0.2, 0.25) is 0 Å². The van der Waals surface area contributed by atoms with E-state index in [1.54, 1.807) is 25.3 Å². The van der Waals surface area contributed by atoms with Gasteiger partial charge in [0.25, 0.3) is 11.8 Å². The smallest absolute Gasteiger partial charge is 0.258 e. The maximum Gasteiger partial charge on any atom is 0.258 e. The van der Waals surface area contributed by atoms with Gasteiger partial charge in [-0.05, 0) is 52.2 Å². The van der Waals surface area contributed by atoms with Gasteiger partial charge in [-0.1, -0.05) is 36.4 Å². The largest absolute Gasteiger partial charge is 0.497 e. The summed E-state index contributed by atoms with van der Waals surface area (Å²) in [6.45, 7) is 0. The summed E-state index contributed by atoms with van der Waals surface area (Å²) in [6, 6.07) is 18.9. The second kappa shape index (κ2) is 5.91. The quantitative estimate of drug-likeness (QED) is 0.577. The summed E-state index contributed by atoms with van der Waals surface area (Å²) in [5.74, 6) is 0.0691. The molecule has 1 heterocycles. The van der Waals surface area contributed by atoms with Crippen LogP contribution in [0.5, 0.6) is 5.75 Å². The normalized spacial score (nSPS) is 15.2. The molecule has 4 heteroatoms. The third-order valence-electron chi connectivity index (χ3n) is 4.32. The van der Waals surface area contributed by atoms with E-state index in [1.807, 2.05) is 48.5 Å². The van der Waals surface area contributed by atoms with Crippen molar-refractivity contribution in [3.63, 3.8) is 0 Å². The van der Waals surface area contributed by atoms with Gasteiger partial charge in [-0.2, -0.15) is 0 Å². The molecule has 25 heavy (non-hydrogen) atoms. The second-order valence-electron chi connectivity index (χ2n) is 5.86. The van der Waals surface area contributed by atoms with Gasteiger partial charge in [0.2, 0.25) is 0 Å². The van der Waals surface area contributed by atoms with Gasteiger partial charge in [0.1, 0.15) is 5.75 Å². The molecule has 0 fully saturated rings. The summed E-state index contributed by atoms with van der Waals surface area (Å²) in [4.78, 5) is 24.3. The number of carbonyl (C=O) groups excluding carboxylic acids is 2. The summed E-state index contributed by atoms with van der Waals surface area (Å²) in [5.41, 5.74) is 2.56. The molecule has 1 aliphatic rings. The van der Waals surface area contributed by atoms with Crippen LogP contribution in [0, 0.1) is 0 Å². The van der Waals surface area contributed by atoms with Gasteiger partial charge in [0, 0.05) is 11.1 Å². The number of carbonyl (C=O) groups is 2. The van der Waals surface area contributed by atoms with E-state index in [2.05, 4.69) is 5.32 Å². The van der Waals surface area contributed by atoms with Crippen LogP contribution in [0.3, 0.4) is 0 Å². The molecule has 0 bridgehead atoms. The molecule has 0 spiro atoms. The fraction of sp³-hybridized carbons (Fsp3) is 0.0476.